The van der Waals surface area contributed by atoms with Gasteiger partial charge in [-0.1, -0.05) is 0 Å². The van der Waals surface area contributed by atoms with Crippen LogP contribution < -0.4 is 0 Å². The van der Waals surface area contributed by atoms with Crippen molar-refractivity contribution in [1.29, 1.82) is 0 Å². The highest BCUT2D eigenvalue weighted by Gasteiger charge is 2.41. The SMILES string of the molecule is COC(=O)C1CS(=O)(=O)CCN1C(=O)/C(F)=C(\C)C1CC1. The Balaban J connectivity index is 2.25. The number of rotatable bonds is 3. The molecule has 1 atom stereocenters. The van der Waals surface area contributed by atoms with Gasteiger partial charge in [-0.2, -0.15) is 0 Å². The molecule has 2 aliphatic rings. The Kier molecular flexibility index (Phi) is 4.36. The molecule has 0 radical (unpaired) electrons. The molecule has 1 amide bonds. The van der Waals surface area contributed by atoms with Crippen LogP contribution in [0, 0.1) is 5.92 Å². The molecule has 2 fully saturated rings. The fourth-order valence-corrected chi connectivity index (χ4v) is 3.81. The van der Waals surface area contributed by atoms with Crippen LogP contribution >= 0.6 is 0 Å². The lowest BCUT2D eigenvalue weighted by Gasteiger charge is -2.33. The number of carbonyl (C=O) groups excluding carboxylic acids is 2. The van der Waals surface area contributed by atoms with Gasteiger partial charge >= 0.3 is 5.97 Å². The molecule has 0 spiro atoms. The first kappa shape index (κ1) is 15.9. The molecule has 2 rings (SSSR count). The molecule has 0 aromatic heterocycles. The van der Waals surface area contributed by atoms with Crippen LogP contribution in [0.5, 0.6) is 0 Å². The fraction of sp³-hybridized carbons (Fsp3) is 0.692. The van der Waals surface area contributed by atoms with Crippen LogP contribution in [0.15, 0.2) is 11.4 Å². The quantitative estimate of drug-likeness (QED) is 0.557. The predicted molar refractivity (Wildman–Crippen MR) is 72.7 cm³/mol. The van der Waals surface area contributed by atoms with Gasteiger partial charge in [-0.3, -0.25) is 4.79 Å². The Morgan fingerprint density at radius 3 is 2.43 bits per heavy atom. The first-order valence-corrected chi connectivity index (χ1v) is 8.54. The maximum atomic E-state index is 14.2. The Morgan fingerprint density at radius 1 is 1.29 bits per heavy atom. The van der Waals surface area contributed by atoms with E-state index in [4.69, 9.17) is 0 Å². The average molecular weight is 319 g/mol. The van der Waals surface area contributed by atoms with Gasteiger partial charge in [0.25, 0.3) is 5.91 Å². The maximum absolute atomic E-state index is 14.2. The van der Waals surface area contributed by atoms with Gasteiger partial charge in [-0.05, 0) is 31.3 Å². The lowest BCUT2D eigenvalue weighted by Crippen LogP contribution is -2.55. The summed E-state index contributed by atoms with van der Waals surface area (Å²) in [5, 5.41) is 0. The first-order valence-electron chi connectivity index (χ1n) is 6.72. The van der Waals surface area contributed by atoms with Crippen LogP contribution in [0.2, 0.25) is 0 Å². The van der Waals surface area contributed by atoms with Gasteiger partial charge in [0.15, 0.2) is 15.7 Å². The molecule has 1 aliphatic carbocycles. The average Bonchev–Trinajstić information content (AvgIpc) is 3.27. The van der Waals surface area contributed by atoms with E-state index in [2.05, 4.69) is 4.74 Å². The van der Waals surface area contributed by atoms with Crippen LogP contribution in [0.1, 0.15) is 19.8 Å². The molecule has 0 N–H and O–H groups in total. The van der Waals surface area contributed by atoms with Crippen molar-refractivity contribution in [1.82, 2.24) is 4.90 Å². The molecule has 0 aromatic rings. The van der Waals surface area contributed by atoms with Crippen LogP contribution in [0.25, 0.3) is 0 Å². The van der Waals surface area contributed by atoms with E-state index >= 15 is 0 Å². The van der Waals surface area contributed by atoms with Crippen molar-refractivity contribution in [2.24, 2.45) is 5.92 Å². The number of carbonyl (C=O) groups is 2. The first-order chi connectivity index (χ1) is 9.76. The number of amides is 1. The number of hydrogen-bond donors (Lipinski definition) is 0. The lowest BCUT2D eigenvalue weighted by atomic mass is 10.1. The minimum atomic E-state index is -3.44. The van der Waals surface area contributed by atoms with E-state index in [1.807, 2.05) is 0 Å². The van der Waals surface area contributed by atoms with Crippen molar-refractivity contribution >= 4 is 21.7 Å². The predicted octanol–water partition coefficient (Wildman–Crippen LogP) is 0.438. The molecule has 1 saturated carbocycles. The van der Waals surface area contributed by atoms with Gasteiger partial charge in [-0.15, -0.1) is 0 Å². The summed E-state index contributed by atoms with van der Waals surface area (Å²) in [6, 6.07) is -1.28. The van der Waals surface area contributed by atoms with Crippen molar-refractivity contribution in [2.45, 2.75) is 25.8 Å². The second-order valence-electron chi connectivity index (χ2n) is 5.42. The maximum Gasteiger partial charge on any atom is 0.329 e. The summed E-state index contributed by atoms with van der Waals surface area (Å²) < 4.78 is 42.0. The van der Waals surface area contributed by atoms with Crippen molar-refractivity contribution in [3.05, 3.63) is 11.4 Å². The van der Waals surface area contributed by atoms with Gasteiger partial charge in [0.05, 0.1) is 18.6 Å². The van der Waals surface area contributed by atoms with Crippen LogP contribution in [-0.2, 0) is 24.2 Å². The van der Waals surface area contributed by atoms with Crippen molar-refractivity contribution in [3.63, 3.8) is 0 Å². The molecule has 6 nitrogen and oxygen atoms in total. The van der Waals surface area contributed by atoms with Gasteiger partial charge < -0.3 is 9.64 Å². The van der Waals surface area contributed by atoms with E-state index in [-0.39, 0.29) is 18.2 Å². The number of sulfone groups is 1. The van der Waals surface area contributed by atoms with E-state index in [9.17, 15) is 22.4 Å². The summed E-state index contributed by atoms with van der Waals surface area (Å²) in [4.78, 5) is 24.9. The molecule has 1 aliphatic heterocycles. The van der Waals surface area contributed by atoms with Crippen molar-refractivity contribution < 1.29 is 27.1 Å². The highest BCUT2D eigenvalue weighted by atomic mass is 32.2. The monoisotopic (exact) mass is 319 g/mol. The van der Waals surface area contributed by atoms with Gasteiger partial charge in [-0.25, -0.2) is 17.6 Å². The van der Waals surface area contributed by atoms with Crippen LogP contribution in [0.4, 0.5) is 4.39 Å². The summed E-state index contributed by atoms with van der Waals surface area (Å²) in [7, 11) is -2.33. The number of methoxy groups -OCH3 is 1. The summed E-state index contributed by atoms with van der Waals surface area (Å²) >= 11 is 0. The zero-order valence-electron chi connectivity index (χ0n) is 12.0. The third kappa shape index (κ3) is 3.42. The fourth-order valence-electron chi connectivity index (χ4n) is 2.37. The standard InChI is InChI=1S/C13H18FNO5S/c1-8(9-3-4-9)11(14)12(16)15-5-6-21(18,19)7-10(15)13(17)20-2/h9-10H,3-7H2,1-2H3/b11-8-. The van der Waals surface area contributed by atoms with Gasteiger partial charge in [0.2, 0.25) is 0 Å². The number of nitrogens with zero attached hydrogens (tertiary/aromatic N) is 1. The van der Waals surface area contributed by atoms with Crippen LogP contribution in [0.3, 0.4) is 0 Å². The van der Waals surface area contributed by atoms with Crippen molar-refractivity contribution in [3.8, 4) is 0 Å². The molecular formula is C13H18FNO5S. The Bertz CT molecular complexity index is 594. The number of ether oxygens (including phenoxy) is 1. The number of esters is 1. The Morgan fingerprint density at radius 2 is 1.90 bits per heavy atom. The summed E-state index contributed by atoms with van der Waals surface area (Å²) in [5.41, 5.74) is 0.372. The molecule has 0 aromatic carbocycles. The lowest BCUT2D eigenvalue weighted by molar-refractivity contribution is -0.151. The van der Waals surface area contributed by atoms with E-state index in [0.29, 0.717) is 5.57 Å². The normalized spacial score (nSPS) is 26.0. The van der Waals surface area contributed by atoms with Crippen LogP contribution in [-0.4, -0.2) is 56.4 Å². The summed E-state index contributed by atoms with van der Waals surface area (Å²) in [6.45, 7) is 1.35. The topological polar surface area (TPSA) is 80.8 Å². The smallest absolute Gasteiger partial charge is 0.329 e. The molecule has 1 unspecified atom stereocenters. The van der Waals surface area contributed by atoms with Gasteiger partial charge in [0.1, 0.15) is 6.04 Å². The second kappa shape index (κ2) is 5.75. The number of allylic oxidation sites excluding steroid dienone is 1. The minimum Gasteiger partial charge on any atom is -0.467 e. The molecular weight excluding hydrogens is 301 g/mol. The summed E-state index contributed by atoms with van der Waals surface area (Å²) in [5.74, 6) is -3.37. The third-order valence-corrected chi connectivity index (χ3v) is 5.52. The van der Waals surface area contributed by atoms with E-state index in [1.165, 1.54) is 0 Å². The van der Waals surface area contributed by atoms with E-state index < -0.39 is 39.3 Å². The third-order valence-electron chi connectivity index (χ3n) is 3.89. The minimum absolute atomic E-state index is 0.0825. The Hall–Kier alpha value is -1.44. The number of hydrogen-bond acceptors (Lipinski definition) is 5. The molecule has 118 valence electrons. The molecule has 0 bridgehead atoms. The largest absolute Gasteiger partial charge is 0.467 e. The molecule has 21 heavy (non-hydrogen) atoms. The molecule has 8 heteroatoms. The zero-order chi connectivity index (χ0) is 15.8. The van der Waals surface area contributed by atoms with Crippen molar-refractivity contribution in [2.75, 3.05) is 25.2 Å². The van der Waals surface area contributed by atoms with E-state index in [0.717, 1.165) is 24.9 Å². The highest BCUT2D eigenvalue weighted by Crippen LogP contribution is 2.38. The Labute approximate surface area is 122 Å². The highest BCUT2D eigenvalue weighted by molar-refractivity contribution is 7.91. The summed E-state index contributed by atoms with van der Waals surface area (Å²) in [6.07, 6.45) is 1.70. The zero-order valence-corrected chi connectivity index (χ0v) is 12.8. The second-order valence-corrected chi connectivity index (χ2v) is 7.65. The number of halogens is 1. The molecule has 1 heterocycles. The molecule has 1 saturated heterocycles. The van der Waals surface area contributed by atoms with Gasteiger partial charge in [0, 0.05) is 6.54 Å². The van der Waals surface area contributed by atoms with E-state index in [1.54, 1.807) is 6.92 Å².